The van der Waals surface area contributed by atoms with Gasteiger partial charge in [-0.1, -0.05) is 30.3 Å². The molecular weight excluding hydrogens is 312 g/mol. The zero-order valence-electron chi connectivity index (χ0n) is 13.7. The van der Waals surface area contributed by atoms with E-state index in [-0.39, 0.29) is 0 Å². The Bertz CT molecular complexity index is 962. The van der Waals surface area contributed by atoms with E-state index in [1.54, 1.807) is 12.3 Å². The molecule has 0 aliphatic carbocycles. The predicted octanol–water partition coefficient (Wildman–Crippen LogP) is 3.57. The van der Waals surface area contributed by atoms with Gasteiger partial charge in [-0.25, -0.2) is 0 Å². The van der Waals surface area contributed by atoms with Gasteiger partial charge >= 0.3 is 0 Å². The first kappa shape index (κ1) is 15.1. The van der Waals surface area contributed by atoms with Gasteiger partial charge in [0.15, 0.2) is 5.82 Å². The third kappa shape index (κ3) is 2.76. The molecule has 0 radical (unpaired) electrons. The minimum atomic E-state index is 0.299. The molecule has 6 nitrogen and oxygen atoms in total. The van der Waals surface area contributed by atoms with Crippen LogP contribution in [0, 0.1) is 11.3 Å². The van der Waals surface area contributed by atoms with E-state index in [2.05, 4.69) is 56.6 Å². The van der Waals surface area contributed by atoms with E-state index in [1.807, 2.05) is 24.3 Å². The highest BCUT2D eigenvalue weighted by molar-refractivity contribution is 5.69. The molecule has 2 heterocycles. The first-order valence-corrected chi connectivity index (χ1v) is 8.09. The molecule has 1 N–H and O–H groups in total. The van der Waals surface area contributed by atoms with Crippen LogP contribution in [-0.4, -0.2) is 21.2 Å². The second-order valence-electron chi connectivity index (χ2n) is 5.97. The van der Waals surface area contributed by atoms with Gasteiger partial charge in [0, 0.05) is 11.7 Å². The number of anilines is 4. The lowest BCUT2D eigenvalue weighted by Gasteiger charge is -2.23. The summed E-state index contributed by atoms with van der Waals surface area (Å²) in [4.78, 5) is 6.78. The van der Waals surface area contributed by atoms with Gasteiger partial charge in [0.05, 0.1) is 17.4 Å². The number of aromatic nitrogens is 3. The first-order chi connectivity index (χ1) is 12.3. The van der Waals surface area contributed by atoms with Crippen molar-refractivity contribution in [3.8, 4) is 6.07 Å². The fraction of sp³-hybridized carbons (Fsp3) is 0.158. The number of nitriles is 1. The van der Waals surface area contributed by atoms with Crippen LogP contribution in [0.15, 0.2) is 54.7 Å². The van der Waals surface area contributed by atoms with Crippen LogP contribution in [0.3, 0.4) is 0 Å². The van der Waals surface area contributed by atoms with Gasteiger partial charge in [-0.15, -0.1) is 5.10 Å². The maximum Gasteiger partial charge on any atom is 0.249 e. The van der Waals surface area contributed by atoms with Crippen molar-refractivity contribution >= 4 is 23.1 Å². The Hall–Kier alpha value is -3.46. The zero-order chi connectivity index (χ0) is 17.2. The van der Waals surface area contributed by atoms with Crippen molar-refractivity contribution in [3.63, 3.8) is 0 Å². The van der Waals surface area contributed by atoms with E-state index in [1.165, 1.54) is 5.56 Å². The third-order valence-corrected chi connectivity index (χ3v) is 4.29. The second-order valence-corrected chi connectivity index (χ2v) is 5.97. The second kappa shape index (κ2) is 6.21. The number of rotatable bonds is 3. The van der Waals surface area contributed by atoms with Gasteiger partial charge < -0.3 is 10.2 Å². The van der Waals surface area contributed by atoms with E-state index in [0.717, 1.165) is 17.9 Å². The van der Waals surface area contributed by atoms with Gasteiger partial charge in [-0.3, -0.25) is 0 Å². The molecule has 0 saturated heterocycles. The van der Waals surface area contributed by atoms with Crippen LogP contribution in [-0.2, 0) is 6.42 Å². The van der Waals surface area contributed by atoms with Crippen molar-refractivity contribution in [2.24, 2.45) is 0 Å². The fourth-order valence-electron chi connectivity index (χ4n) is 3.19. The zero-order valence-corrected chi connectivity index (χ0v) is 13.7. The highest BCUT2D eigenvalue weighted by atomic mass is 15.3. The average molecular weight is 328 g/mol. The highest BCUT2D eigenvalue weighted by Gasteiger charge is 2.28. The largest absolute Gasteiger partial charge is 0.322 e. The average Bonchev–Trinajstić information content (AvgIpc) is 2.98. The lowest BCUT2D eigenvalue weighted by molar-refractivity contribution is 0.745. The maximum atomic E-state index is 9.21. The van der Waals surface area contributed by atoms with Crippen LogP contribution < -0.4 is 10.2 Å². The van der Waals surface area contributed by atoms with Crippen LogP contribution >= 0.6 is 0 Å². The standard InChI is InChI=1S/C19H16N6/c1-13-10-14-6-3-5-9-17(14)25(13)18-12-21-24-19(23-18)22-16-8-4-2-7-15(16)11-20/h2-9,12-13H,10H2,1H3,(H,22,23,24). The number of fused-ring (bicyclic) bond motifs is 1. The van der Waals surface area contributed by atoms with Crippen LogP contribution in [0.4, 0.5) is 23.1 Å². The van der Waals surface area contributed by atoms with Gasteiger partial charge in [0.25, 0.3) is 0 Å². The molecule has 4 rings (SSSR count). The van der Waals surface area contributed by atoms with E-state index in [0.29, 0.717) is 23.2 Å². The molecule has 122 valence electrons. The van der Waals surface area contributed by atoms with Crippen LogP contribution in [0.2, 0.25) is 0 Å². The van der Waals surface area contributed by atoms with Gasteiger partial charge in [0.1, 0.15) is 6.07 Å². The Kier molecular flexibility index (Phi) is 3.75. The smallest absolute Gasteiger partial charge is 0.249 e. The third-order valence-electron chi connectivity index (χ3n) is 4.29. The number of hydrogen-bond acceptors (Lipinski definition) is 6. The van der Waals surface area contributed by atoms with Crippen molar-refractivity contribution in [1.82, 2.24) is 15.2 Å². The molecule has 1 unspecified atom stereocenters. The van der Waals surface area contributed by atoms with E-state index < -0.39 is 0 Å². The number of nitrogens with one attached hydrogen (secondary N) is 1. The minimum absolute atomic E-state index is 0.299. The molecule has 0 bridgehead atoms. The number of nitrogens with zero attached hydrogens (tertiary/aromatic N) is 5. The van der Waals surface area contributed by atoms with Gasteiger partial charge in [-0.05, 0) is 37.1 Å². The topological polar surface area (TPSA) is 77.7 Å². The molecule has 0 fully saturated rings. The van der Waals surface area contributed by atoms with Crippen molar-refractivity contribution in [2.45, 2.75) is 19.4 Å². The van der Waals surface area contributed by atoms with E-state index in [9.17, 15) is 5.26 Å². The lowest BCUT2D eigenvalue weighted by atomic mass is 10.1. The Labute approximate surface area is 145 Å². The molecule has 0 spiro atoms. The van der Waals surface area contributed by atoms with Gasteiger partial charge in [0.2, 0.25) is 5.95 Å². The Morgan fingerprint density at radius 2 is 1.96 bits per heavy atom. The summed E-state index contributed by atoms with van der Waals surface area (Å²) in [5.41, 5.74) is 3.66. The number of hydrogen-bond donors (Lipinski definition) is 1. The first-order valence-electron chi connectivity index (χ1n) is 8.09. The molecule has 1 atom stereocenters. The monoisotopic (exact) mass is 328 g/mol. The van der Waals surface area contributed by atoms with Crippen molar-refractivity contribution in [1.29, 1.82) is 5.26 Å². The molecule has 1 aliphatic heterocycles. The maximum absolute atomic E-state index is 9.21. The van der Waals surface area contributed by atoms with Crippen molar-refractivity contribution in [2.75, 3.05) is 10.2 Å². The summed E-state index contributed by atoms with van der Waals surface area (Å²) in [6.45, 7) is 2.17. The molecule has 1 aromatic heterocycles. The summed E-state index contributed by atoms with van der Waals surface area (Å²) in [6, 6.07) is 18.0. The molecule has 3 aromatic rings. The van der Waals surface area contributed by atoms with Crippen LogP contribution in [0.1, 0.15) is 18.1 Å². The number of benzene rings is 2. The molecule has 0 amide bonds. The van der Waals surface area contributed by atoms with Crippen LogP contribution in [0.5, 0.6) is 0 Å². The molecule has 1 aliphatic rings. The lowest BCUT2D eigenvalue weighted by Crippen LogP contribution is -2.25. The Morgan fingerprint density at radius 1 is 1.16 bits per heavy atom. The van der Waals surface area contributed by atoms with Crippen molar-refractivity contribution < 1.29 is 0 Å². The summed E-state index contributed by atoms with van der Waals surface area (Å²) in [6.07, 6.45) is 2.64. The highest BCUT2D eigenvalue weighted by Crippen LogP contribution is 2.37. The van der Waals surface area contributed by atoms with E-state index in [4.69, 9.17) is 0 Å². The Balaban J connectivity index is 1.68. The minimum Gasteiger partial charge on any atom is -0.322 e. The normalized spacial score (nSPS) is 15.5. The molecule has 25 heavy (non-hydrogen) atoms. The Morgan fingerprint density at radius 3 is 2.84 bits per heavy atom. The summed E-state index contributed by atoms with van der Waals surface area (Å²) in [7, 11) is 0. The summed E-state index contributed by atoms with van der Waals surface area (Å²) >= 11 is 0. The quantitative estimate of drug-likeness (QED) is 0.792. The van der Waals surface area contributed by atoms with E-state index >= 15 is 0 Å². The predicted molar refractivity (Wildman–Crippen MR) is 96.0 cm³/mol. The summed E-state index contributed by atoms with van der Waals surface area (Å²) in [5, 5.41) is 20.4. The van der Waals surface area contributed by atoms with Gasteiger partial charge in [-0.2, -0.15) is 15.3 Å². The SMILES string of the molecule is CC1Cc2ccccc2N1c1cnnc(Nc2ccccc2C#N)n1. The summed E-state index contributed by atoms with van der Waals surface area (Å²) in [5.74, 6) is 1.11. The molecule has 0 saturated carbocycles. The number of para-hydroxylation sites is 2. The molecule has 6 heteroatoms. The summed E-state index contributed by atoms with van der Waals surface area (Å²) < 4.78 is 0. The van der Waals surface area contributed by atoms with Crippen molar-refractivity contribution in [3.05, 3.63) is 65.9 Å². The fourth-order valence-corrected chi connectivity index (χ4v) is 3.19. The molecule has 2 aromatic carbocycles. The van der Waals surface area contributed by atoms with Crippen LogP contribution in [0.25, 0.3) is 0 Å². The molecular formula is C19H16N6.